The third-order valence-electron chi connectivity index (χ3n) is 6.22. The van der Waals surface area contributed by atoms with Crippen LogP contribution in [0.1, 0.15) is 29.5 Å². The first-order chi connectivity index (χ1) is 16.6. The van der Waals surface area contributed by atoms with Crippen molar-refractivity contribution in [2.75, 3.05) is 0 Å². The fourth-order valence-corrected chi connectivity index (χ4v) is 6.74. The van der Waals surface area contributed by atoms with Gasteiger partial charge in [-0.2, -0.15) is 4.68 Å². The molecule has 1 aliphatic rings. The molecule has 0 saturated carbocycles. The molecule has 0 saturated heterocycles. The number of thioether (sulfide) groups is 1. The Labute approximate surface area is 202 Å². The number of furan rings is 1. The zero-order valence-electron chi connectivity index (χ0n) is 18.4. The van der Waals surface area contributed by atoms with Crippen LogP contribution in [-0.2, 0) is 25.3 Å². The van der Waals surface area contributed by atoms with Crippen LogP contribution in [0, 0.1) is 5.92 Å². The Hall–Kier alpha value is -3.24. The predicted octanol–water partition coefficient (Wildman–Crippen LogP) is 4.08. The van der Waals surface area contributed by atoms with Crippen molar-refractivity contribution in [3.05, 3.63) is 79.6 Å². The maximum Gasteiger partial charge on any atom is 0.278 e. The molecule has 1 atom stereocenters. The summed E-state index contributed by atoms with van der Waals surface area (Å²) in [6.45, 7) is 2.52. The van der Waals surface area contributed by atoms with Crippen molar-refractivity contribution in [1.29, 1.82) is 0 Å². The number of benzene rings is 1. The number of thiophene rings is 1. The molecular formula is C24H21N5O3S2. The SMILES string of the molecule is CC1CCc2c(sc3nc(SCn4nnc5ccccc5c4=O)n(Cc4ccco4)c(=O)c23)C1. The van der Waals surface area contributed by atoms with E-state index in [9.17, 15) is 9.59 Å². The van der Waals surface area contributed by atoms with Crippen molar-refractivity contribution in [2.24, 2.45) is 5.92 Å². The van der Waals surface area contributed by atoms with Crippen molar-refractivity contribution >= 4 is 44.2 Å². The molecule has 0 spiro atoms. The first-order valence-electron chi connectivity index (χ1n) is 11.1. The number of aromatic nitrogens is 5. The highest BCUT2D eigenvalue weighted by Crippen LogP contribution is 2.36. The summed E-state index contributed by atoms with van der Waals surface area (Å²) in [5.41, 5.74) is 1.42. The van der Waals surface area contributed by atoms with E-state index in [0.717, 1.165) is 35.0 Å². The third kappa shape index (κ3) is 3.67. The summed E-state index contributed by atoms with van der Waals surface area (Å²) in [4.78, 5) is 33.5. The zero-order valence-corrected chi connectivity index (χ0v) is 20.1. The predicted molar refractivity (Wildman–Crippen MR) is 133 cm³/mol. The Kier molecular flexibility index (Phi) is 5.34. The Balaban J connectivity index is 1.43. The average molecular weight is 492 g/mol. The van der Waals surface area contributed by atoms with Gasteiger partial charge in [0.15, 0.2) is 5.16 Å². The molecule has 34 heavy (non-hydrogen) atoms. The van der Waals surface area contributed by atoms with Gasteiger partial charge in [-0.3, -0.25) is 14.2 Å². The van der Waals surface area contributed by atoms with Crippen LogP contribution in [0.15, 0.2) is 61.8 Å². The maximum atomic E-state index is 13.7. The highest BCUT2D eigenvalue weighted by molar-refractivity contribution is 7.98. The second-order valence-electron chi connectivity index (χ2n) is 8.58. The minimum Gasteiger partial charge on any atom is -0.467 e. The standard InChI is InChI=1S/C24H21N5O3S2/c1-14-8-9-17-19(11-14)34-21-20(17)23(31)28(12-15-5-4-10-32-15)24(25-21)33-13-29-22(30)16-6-2-3-7-18(16)26-27-29/h2-7,10,14H,8-9,11-13H2,1H3. The second kappa shape index (κ2) is 8.52. The Morgan fingerprint density at radius 1 is 1.18 bits per heavy atom. The molecule has 4 aromatic heterocycles. The number of hydrogen-bond donors (Lipinski definition) is 0. The summed E-state index contributed by atoms with van der Waals surface area (Å²) in [5, 5.41) is 10.00. The van der Waals surface area contributed by atoms with Gasteiger partial charge in [0.25, 0.3) is 11.1 Å². The Morgan fingerprint density at radius 2 is 2.06 bits per heavy atom. The van der Waals surface area contributed by atoms with Gasteiger partial charge in [-0.05, 0) is 55.0 Å². The van der Waals surface area contributed by atoms with Gasteiger partial charge in [0, 0.05) is 4.88 Å². The van der Waals surface area contributed by atoms with Gasteiger partial charge in [-0.15, -0.1) is 16.4 Å². The normalized spacial score (nSPS) is 15.7. The second-order valence-corrected chi connectivity index (χ2v) is 10.6. The van der Waals surface area contributed by atoms with Gasteiger partial charge in [0.2, 0.25) is 0 Å². The van der Waals surface area contributed by atoms with Gasteiger partial charge in [0.1, 0.15) is 16.1 Å². The minimum atomic E-state index is -0.223. The van der Waals surface area contributed by atoms with Crippen LogP contribution in [0.25, 0.3) is 21.1 Å². The van der Waals surface area contributed by atoms with Crippen LogP contribution < -0.4 is 11.1 Å². The van der Waals surface area contributed by atoms with Crippen LogP contribution in [-0.4, -0.2) is 24.5 Å². The molecule has 0 fully saturated rings. The molecular weight excluding hydrogens is 470 g/mol. The molecule has 5 aromatic rings. The van der Waals surface area contributed by atoms with E-state index >= 15 is 0 Å². The zero-order chi connectivity index (χ0) is 23.2. The van der Waals surface area contributed by atoms with Gasteiger partial charge in [-0.25, -0.2) is 4.98 Å². The molecule has 0 amide bonds. The minimum absolute atomic E-state index is 0.0621. The Morgan fingerprint density at radius 3 is 2.91 bits per heavy atom. The molecule has 0 radical (unpaired) electrons. The third-order valence-corrected chi connectivity index (χ3v) is 8.31. The lowest BCUT2D eigenvalue weighted by atomic mass is 9.89. The molecule has 8 nitrogen and oxygen atoms in total. The van der Waals surface area contributed by atoms with Crippen molar-refractivity contribution in [3.8, 4) is 0 Å². The Bertz CT molecular complexity index is 1630. The number of fused-ring (bicyclic) bond motifs is 4. The number of rotatable bonds is 5. The molecule has 0 bridgehead atoms. The molecule has 1 aromatic carbocycles. The van der Waals surface area contributed by atoms with E-state index in [-0.39, 0.29) is 23.5 Å². The van der Waals surface area contributed by atoms with E-state index in [2.05, 4.69) is 17.2 Å². The first-order valence-corrected chi connectivity index (χ1v) is 12.9. The maximum absolute atomic E-state index is 13.7. The monoisotopic (exact) mass is 491 g/mol. The van der Waals surface area contributed by atoms with E-state index in [0.29, 0.717) is 27.7 Å². The van der Waals surface area contributed by atoms with Crippen molar-refractivity contribution in [1.82, 2.24) is 24.5 Å². The topological polar surface area (TPSA) is 95.8 Å². The fourth-order valence-electron chi connectivity index (χ4n) is 4.44. The highest BCUT2D eigenvalue weighted by atomic mass is 32.2. The molecule has 172 valence electrons. The molecule has 1 aliphatic carbocycles. The highest BCUT2D eigenvalue weighted by Gasteiger charge is 2.25. The summed E-state index contributed by atoms with van der Waals surface area (Å²) in [6, 6.07) is 10.8. The molecule has 10 heteroatoms. The largest absolute Gasteiger partial charge is 0.467 e. The first kappa shape index (κ1) is 21.3. The summed E-state index contributed by atoms with van der Waals surface area (Å²) in [7, 11) is 0. The van der Waals surface area contributed by atoms with Crippen LogP contribution in [0.2, 0.25) is 0 Å². The lowest BCUT2D eigenvalue weighted by Gasteiger charge is -2.17. The van der Waals surface area contributed by atoms with Crippen molar-refractivity contribution in [3.63, 3.8) is 0 Å². The molecule has 1 unspecified atom stereocenters. The number of hydrogen-bond acceptors (Lipinski definition) is 8. The summed E-state index contributed by atoms with van der Waals surface area (Å²) in [5.74, 6) is 1.47. The summed E-state index contributed by atoms with van der Waals surface area (Å²) >= 11 is 2.91. The lowest BCUT2D eigenvalue weighted by molar-refractivity contribution is 0.476. The smallest absolute Gasteiger partial charge is 0.278 e. The van der Waals surface area contributed by atoms with E-state index in [1.54, 1.807) is 46.4 Å². The molecule has 0 N–H and O–H groups in total. The van der Waals surface area contributed by atoms with Crippen molar-refractivity contribution in [2.45, 2.75) is 43.8 Å². The quantitative estimate of drug-likeness (QED) is 0.270. The van der Waals surface area contributed by atoms with E-state index < -0.39 is 0 Å². The van der Waals surface area contributed by atoms with Gasteiger partial charge in [-0.1, -0.05) is 36.0 Å². The lowest BCUT2D eigenvalue weighted by Crippen LogP contribution is -2.26. The van der Waals surface area contributed by atoms with Crippen LogP contribution in [0.4, 0.5) is 0 Å². The van der Waals surface area contributed by atoms with Gasteiger partial charge < -0.3 is 4.42 Å². The van der Waals surface area contributed by atoms with Crippen LogP contribution >= 0.6 is 23.1 Å². The number of aryl methyl sites for hydroxylation is 1. The van der Waals surface area contributed by atoms with E-state index in [1.807, 2.05) is 12.1 Å². The molecule has 0 aliphatic heterocycles. The average Bonchev–Trinajstić information content (AvgIpc) is 3.48. The number of nitrogens with zero attached hydrogens (tertiary/aromatic N) is 5. The summed E-state index contributed by atoms with van der Waals surface area (Å²) in [6.07, 6.45) is 4.56. The van der Waals surface area contributed by atoms with E-state index in [1.165, 1.54) is 21.3 Å². The van der Waals surface area contributed by atoms with Crippen LogP contribution in [0.3, 0.4) is 0 Å². The van der Waals surface area contributed by atoms with E-state index in [4.69, 9.17) is 9.40 Å². The van der Waals surface area contributed by atoms with Gasteiger partial charge in [0.05, 0.1) is 29.5 Å². The van der Waals surface area contributed by atoms with Crippen molar-refractivity contribution < 1.29 is 4.42 Å². The van der Waals surface area contributed by atoms with Crippen LogP contribution in [0.5, 0.6) is 0 Å². The molecule has 4 heterocycles. The fraction of sp³-hybridized carbons (Fsp3) is 0.292. The molecule has 6 rings (SSSR count). The van der Waals surface area contributed by atoms with Gasteiger partial charge >= 0.3 is 0 Å². The summed E-state index contributed by atoms with van der Waals surface area (Å²) < 4.78 is 8.48.